The normalized spacial score (nSPS) is 10.6. The predicted octanol–water partition coefficient (Wildman–Crippen LogP) is 3.34. The Balaban J connectivity index is 1.88. The molecule has 0 bridgehead atoms. The van der Waals surface area contributed by atoms with Gasteiger partial charge < -0.3 is 9.84 Å². The van der Waals surface area contributed by atoms with Gasteiger partial charge >= 0.3 is 0 Å². The van der Waals surface area contributed by atoms with Crippen molar-refractivity contribution in [1.29, 1.82) is 0 Å². The molecule has 2 N–H and O–H groups in total. The zero-order valence-electron chi connectivity index (χ0n) is 11.3. The SMILES string of the molecule is O=C(COc1ccccc1)N/N=C\c1cc(Cl)cc(Br)c1O. The number of carbonyl (C=O) groups excluding carboxylic acids is 1. The van der Waals surface area contributed by atoms with Crippen LogP contribution in [0.3, 0.4) is 0 Å². The van der Waals surface area contributed by atoms with E-state index in [2.05, 4.69) is 26.5 Å². The maximum absolute atomic E-state index is 11.6. The first-order chi connectivity index (χ1) is 10.6. The Kier molecular flexibility index (Phi) is 5.80. The van der Waals surface area contributed by atoms with E-state index in [1.807, 2.05) is 18.2 Å². The number of amides is 1. The molecule has 114 valence electrons. The summed E-state index contributed by atoms with van der Waals surface area (Å²) in [5.74, 6) is 0.168. The molecule has 0 fully saturated rings. The number of hydrazone groups is 1. The number of hydrogen-bond donors (Lipinski definition) is 2. The number of para-hydroxylation sites is 1. The van der Waals surface area contributed by atoms with Crippen molar-refractivity contribution in [2.24, 2.45) is 5.10 Å². The van der Waals surface area contributed by atoms with Crippen LogP contribution in [-0.4, -0.2) is 23.8 Å². The summed E-state index contributed by atoms with van der Waals surface area (Å²) in [4.78, 5) is 11.6. The van der Waals surface area contributed by atoms with E-state index >= 15 is 0 Å². The summed E-state index contributed by atoms with van der Waals surface area (Å²) < 4.78 is 5.71. The zero-order chi connectivity index (χ0) is 15.9. The van der Waals surface area contributed by atoms with Crippen LogP contribution in [0.25, 0.3) is 0 Å². The van der Waals surface area contributed by atoms with Crippen molar-refractivity contribution in [2.45, 2.75) is 0 Å². The fourth-order valence-corrected chi connectivity index (χ4v) is 2.39. The maximum atomic E-state index is 11.6. The lowest BCUT2D eigenvalue weighted by molar-refractivity contribution is -0.123. The number of benzene rings is 2. The lowest BCUT2D eigenvalue weighted by Crippen LogP contribution is -2.24. The second kappa shape index (κ2) is 7.82. The van der Waals surface area contributed by atoms with Crippen LogP contribution < -0.4 is 10.2 Å². The Morgan fingerprint density at radius 3 is 2.82 bits per heavy atom. The van der Waals surface area contributed by atoms with E-state index in [9.17, 15) is 9.90 Å². The molecular formula is C15H12BrClN2O3. The van der Waals surface area contributed by atoms with E-state index in [1.165, 1.54) is 12.3 Å². The molecule has 0 spiro atoms. The van der Waals surface area contributed by atoms with Crippen molar-refractivity contribution in [1.82, 2.24) is 5.43 Å². The van der Waals surface area contributed by atoms with Gasteiger partial charge in [-0.1, -0.05) is 29.8 Å². The summed E-state index contributed by atoms with van der Waals surface area (Å²) in [6.07, 6.45) is 1.30. The van der Waals surface area contributed by atoms with Crippen LogP contribution in [0.15, 0.2) is 52.0 Å². The molecule has 0 unspecified atom stereocenters. The number of nitrogens with one attached hydrogen (secondary N) is 1. The number of hydrogen-bond acceptors (Lipinski definition) is 4. The number of ether oxygens (including phenoxy) is 1. The average Bonchev–Trinajstić information content (AvgIpc) is 2.51. The van der Waals surface area contributed by atoms with Crippen molar-refractivity contribution in [3.63, 3.8) is 0 Å². The first-order valence-electron chi connectivity index (χ1n) is 6.24. The van der Waals surface area contributed by atoms with E-state index in [-0.39, 0.29) is 12.4 Å². The Labute approximate surface area is 140 Å². The van der Waals surface area contributed by atoms with Crippen molar-refractivity contribution >= 4 is 39.7 Å². The fraction of sp³-hybridized carbons (Fsp3) is 0.0667. The van der Waals surface area contributed by atoms with E-state index in [1.54, 1.807) is 18.2 Å². The van der Waals surface area contributed by atoms with Gasteiger partial charge in [0.25, 0.3) is 5.91 Å². The summed E-state index contributed by atoms with van der Waals surface area (Å²) in [6.45, 7) is -0.160. The minimum atomic E-state index is -0.416. The van der Waals surface area contributed by atoms with Crippen molar-refractivity contribution in [3.05, 3.63) is 57.5 Å². The summed E-state index contributed by atoms with van der Waals surface area (Å²) in [5, 5.41) is 14.0. The third-order valence-corrected chi connectivity index (χ3v) is 3.39. The van der Waals surface area contributed by atoms with Gasteiger partial charge in [0.1, 0.15) is 11.5 Å². The van der Waals surface area contributed by atoms with Gasteiger partial charge in [-0.05, 0) is 40.2 Å². The monoisotopic (exact) mass is 382 g/mol. The maximum Gasteiger partial charge on any atom is 0.277 e. The lowest BCUT2D eigenvalue weighted by atomic mass is 10.2. The van der Waals surface area contributed by atoms with E-state index in [0.29, 0.717) is 20.8 Å². The molecular weight excluding hydrogens is 372 g/mol. The van der Waals surface area contributed by atoms with Gasteiger partial charge in [-0.2, -0.15) is 5.10 Å². The molecule has 0 aliphatic heterocycles. The summed E-state index contributed by atoms with van der Waals surface area (Å²) in [5.41, 5.74) is 2.68. The van der Waals surface area contributed by atoms with E-state index in [0.717, 1.165) is 0 Å². The molecule has 0 aromatic heterocycles. The van der Waals surface area contributed by atoms with Crippen molar-refractivity contribution in [3.8, 4) is 11.5 Å². The molecule has 0 saturated heterocycles. The molecule has 2 rings (SSSR count). The number of aromatic hydroxyl groups is 1. The summed E-state index contributed by atoms with van der Waals surface area (Å²) >= 11 is 9.04. The number of nitrogens with zero attached hydrogens (tertiary/aromatic N) is 1. The lowest BCUT2D eigenvalue weighted by Gasteiger charge is -2.05. The topological polar surface area (TPSA) is 70.9 Å². The summed E-state index contributed by atoms with van der Waals surface area (Å²) in [7, 11) is 0. The molecule has 2 aromatic rings. The Hall–Kier alpha value is -2.05. The van der Waals surface area contributed by atoms with Crippen molar-refractivity contribution in [2.75, 3.05) is 6.61 Å². The number of phenolic OH excluding ortho intramolecular Hbond substituents is 1. The largest absolute Gasteiger partial charge is 0.506 e. The third-order valence-electron chi connectivity index (χ3n) is 2.56. The molecule has 0 saturated carbocycles. The minimum absolute atomic E-state index is 0.0112. The van der Waals surface area contributed by atoms with E-state index < -0.39 is 5.91 Å². The zero-order valence-corrected chi connectivity index (χ0v) is 13.6. The van der Waals surface area contributed by atoms with Crippen LogP contribution in [0, 0.1) is 0 Å². The fourth-order valence-electron chi connectivity index (χ4n) is 1.56. The molecule has 0 atom stereocenters. The van der Waals surface area contributed by atoms with Gasteiger partial charge in [0.05, 0.1) is 10.7 Å². The smallest absolute Gasteiger partial charge is 0.277 e. The Morgan fingerprint density at radius 1 is 1.36 bits per heavy atom. The van der Waals surface area contributed by atoms with Crippen molar-refractivity contribution < 1.29 is 14.6 Å². The van der Waals surface area contributed by atoms with Crippen LogP contribution >= 0.6 is 27.5 Å². The van der Waals surface area contributed by atoms with Gasteiger partial charge in [0.2, 0.25) is 0 Å². The van der Waals surface area contributed by atoms with Gasteiger partial charge in [-0.3, -0.25) is 4.79 Å². The Morgan fingerprint density at radius 2 is 2.09 bits per heavy atom. The molecule has 7 heteroatoms. The molecule has 0 heterocycles. The second-order valence-electron chi connectivity index (χ2n) is 4.22. The molecule has 0 radical (unpaired) electrons. The highest BCUT2D eigenvalue weighted by molar-refractivity contribution is 9.10. The molecule has 22 heavy (non-hydrogen) atoms. The quantitative estimate of drug-likeness (QED) is 0.614. The first-order valence-corrected chi connectivity index (χ1v) is 7.41. The van der Waals surface area contributed by atoms with Crippen LogP contribution in [0.5, 0.6) is 11.5 Å². The molecule has 1 amide bonds. The minimum Gasteiger partial charge on any atom is -0.506 e. The average molecular weight is 384 g/mol. The Bertz CT molecular complexity index is 693. The van der Waals surface area contributed by atoms with Crippen LogP contribution in [0.2, 0.25) is 5.02 Å². The van der Waals surface area contributed by atoms with E-state index in [4.69, 9.17) is 16.3 Å². The highest BCUT2D eigenvalue weighted by Gasteiger charge is 2.06. The number of halogens is 2. The predicted molar refractivity (Wildman–Crippen MR) is 88.5 cm³/mol. The first kappa shape index (κ1) is 16.3. The molecule has 5 nitrogen and oxygen atoms in total. The van der Waals surface area contributed by atoms with Gasteiger partial charge in [-0.15, -0.1) is 0 Å². The standard InChI is InChI=1S/C15H12BrClN2O3/c16-13-7-11(17)6-10(15(13)21)8-18-19-14(20)9-22-12-4-2-1-3-5-12/h1-8,21H,9H2,(H,19,20)/b18-8-. The molecule has 2 aromatic carbocycles. The summed E-state index contributed by atoms with van der Waals surface area (Å²) in [6, 6.07) is 12.1. The number of phenols is 1. The van der Waals surface area contributed by atoms with Gasteiger partial charge in [-0.25, -0.2) is 5.43 Å². The van der Waals surface area contributed by atoms with Crippen LogP contribution in [-0.2, 0) is 4.79 Å². The number of rotatable bonds is 5. The molecule has 0 aliphatic carbocycles. The van der Waals surface area contributed by atoms with Gasteiger partial charge in [0, 0.05) is 10.6 Å². The van der Waals surface area contributed by atoms with Gasteiger partial charge in [0.15, 0.2) is 6.61 Å². The third kappa shape index (κ3) is 4.75. The number of carbonyl (C=O) groups is 1. The molecule has 0 aliphatic rings. The highest BCUT2D eigenvalue weighted by atomic mass is 79.9. The van der Waals surface area contributed by atoms with Crippen LogP contribution in [0.1, 0.15) is 5.56 Å². The second-order valence-corrected chi connectivity index (χ2v) is 5.51. The van der Waals surface area contributed by atoms with Crippen LogP contribution in [0.4, 0.5) is 0 Å². The highest BCUT2D eigenvalue weighted by Crippen LogP contribution is 2.30.